The summed E-state index contributed by atoms with van der Waals surface area (Å²) < 4.78 is 12.4. The Balaban J connectivity index is 1.49. The highest BCUT2D eigenvalue weighted by atomic mass is 16.6. The molecular formula is C25H31NO3. The van der Waals surface area contributed by atoms with Crippen molar-refractivity contribution in [3.8, 4) is 0 Å². The van der Waals surface area contributed by atoms with Crippen molar-refractivity contribution in [3.63, 3.8) is 0 Å². The summed E-state index contributed by atoms with van der Waals surface area (Å²) in [6.07, 6.45) is 3.67. The van der Waals surface area contributed by atoms with Gasteiger partial charge in [0.05, 0.1) is 6.10 Å². The van der Waals surface area contributed by atoms with Gasteiger partial charge in [-0.3, -0.25) is 0 Å². The number of hydrogen-bond acceptors (Lipinski definition) is 3. The molecule has 0 aromatic heterocycles. The van der Waals surface area contributed by atoms with Crippen LogP contribution in [0.5, 0.6) is 0 Å². The van der Waals surface area contributed by atoms with Crippen LogP contribution in [0.25, 0.3) is 0 Å². The molecule has 2 aromatic carbocycles. The van der Waals surface area contributed by atoms with E-state index < -0.39 is 5.60 Å². The maximum absolute atomic E-state index is 12.7. The van der Waals surface area contributed by atoms with Gasteiger partial charge in [0.1, 0.15) is 11.7 Å². The van der Waals surface area contributed by atoms with Crippen molar-refractivity contribution in [2.75, 3.05) is 0 Å². The Morgan fingerprint density at radius 3 is 1.83 bits per heavy atom. The summed E-state index contributed by atoms with van der Waals surface area (Å²) >= 11 is 0. The zero-order valence-corrected chi connectivity index (χ0v) is 17.6. The minimum Gasteiger partial charge on any atom is -0.444 e. The smallest absolute Gasteiger partial charge is 0.410 e. The molecule has 1 amide bonds. The second kappa shape index (κ2) is 8.19. The predicted octanol–water partition coefficient (Wildman–Crippen LogP) is 5.72. The lowest BCUT2D eigenvalue weighted by Gasteiger charge is -2.40. The van der Waals surface area contributed by atoms with Gasteiger partial charge < -0.3 is 14.4 Å². The molecule has 0 aliphatic carbocycles. The largest absolute Gasteiger partial charge is 0.444 e. The zero-order chi connectivity index (χ0) is 20.4. The maximum atomic E-state index is 12.7. The van der Waals surface area contributed by atoms with Crippen molar-refractivity contribution in [3.05, 3.63) is 71.8 Å². The molecule has 0 radical (unpaired) electrons. The monoisotopic (exact) mass is 393 g/mol. The molecule has 2 aliphatic heterocycles. The lowest BCUT2D eigenvalue weighted by atomic mass is 9.97. The van der Waals surface area contributed by atoms with Crippen LogP contribution >= 0.6 is 0 Å². The summed E-state index contributed by atoms with van der Waals surface area (Å²) in [6.45, 7) is 5.77. The normalized spacial score (nSPS) is 24.0. The number of amides is 1. The van der Waals surface area contributed by atoms with Crippen LogP contribution in [0.15, 0.2) is 60.7 Å². The number of nitrogens with zero attached hydrogens (tertiary/aromatic N) is 1. The fraction of sp³-hybridized carbons (Fsp3) is 0.480. The molecule has 4 nitrogen and oxygen atoms in total. The minimum absolute atomic E-state index is 0.0881. The average molecular weight is 394 g/mol. The van der Waals surface area contributed by atoms with E-state index in [1.807, 2.05) is 37.8 Å². The highest BCUT2D eigenvalue weighted by Gasteiger charge is 2.45. The Morgan fingerprint density at radius 1 is 0.897 bits per heavy atom. The Labute approximate surface area is 173 Å². The second-order valence-corrected chi connectivity index (χ2v) is 9.20. The van der Waals surface area contributed by atoms with Crippen molar-refractivity contribution >= 4 is 6.09 Å². The number of fused-ring (bicyclic) bond motifs is 2. The van der Waals surface area contributed by atoms with Crippen LogP contribution in [0.2, 0.25) is 0 Å². The molecule has 29 heavy (non-hydrogen) atoms. The summed E-state index contributed by atoms with van der Waals surface area (Å²) in [5.74, 6) is 0. The molecule has 0 spiro atoms. The van der Waals surface area contributed by atoms with Crippen LogP contribution in [0.4, 0.5) is 4.79 Å². The summed E-state index contributed by atoms with van der Waals surface area (Å²) in [5.41, 5.74) is 1.87. The van der Waals surface area contributed by atoms with E-state index in [0.717, 1.165) is 25.7 Å². The van der Waals surface area contributed by atoms with E-state index >= 15 is 0 Å². The van der Waals surface area contributed by atoms with Gasteiger partial charge in [-0.2, -0.15) is 0 Å². The number of carbonyl (C=O) groups is 1. The molecule has 2 fully saturated rings. The molecule has 2 saturated heterocycles. The van der Waals surface area contributed by atoms with Gasteiger partial charge in [0.2, 0.25) is 0 Å². The van der Waals surface area contributed by atoms with E-state index in [1.165, 1.54) is 11.1 Å². The van der Waals surface area contributed by atoms with Gasteiger partial charge >= 0.3 is 6.09 Å². The number of carbonyl (C=O) groups excluding carboxylic acids is 1. The second-order valence-electron chi connectivity index (χ2n) is 9.20. The van der Waals surface area contributed by atoms with Crippen LogP contribution in [-0.4, -0.2) is 34.8 Å². The first-order valence-corrected chi connectivity index (χ1v) is 10.7. The molecule has 3 atom stereocenters. The third-order valence-corrected chi connectivity index (χ3v) is 5.83. The van der Waals surface area contributed by atoms with Gasteiger partial charge in [-0.05, 0) is 57.6 Å². The standard InChI is InChI=1S/C25H31NO3/c1-25(2,3)29-24(27)26-20-14-15-21(26)17-22(16-20)28-23(18-10-6-4-7-11-18)19-12-8-5-9-13-19/h4-13,20-23H,14-17H2,1-3H3/t20-,21+,22?. The van der Waals surface area contributed by atoms with Crippen LogP contribution in [-0.2, 0) is 9.47 Å². The van der Waals surface area contributed by atoms with E-state index in [1.54, 1.807) is 0 Å². The predicted molar refractivity (Wildman–Crippen MR) is 114 cm³/mol. The maximum Gasteiger partial charge on any atom is 0.410 e. The van der Waals surface area contributed by atoms with E-state index in [-0.39, 0.29) is 30.4 Å². The Hall–Kier alpha value is -2.33. The third kappa shape index (κ3) is 4.64. The van der Waals surface area contributed by atoms with Crippen LogP contribution in [0, 0.1) is 0 Å². The van der Waals surface area contributed by atoms with Gasteiger partial charge in [-0.15, -0.1) is 0 Å². The first-order chi connectivity index (χ1) is 13.9. The topological polar surface area (TPSA) is 38.8 Å². The highest BCUT2D eigenvalue weighted by Crippen LogP contribution is 2.40. The quantitative estimate of drug-likeness (QED) is 0.666. The lowest BCUT2D eigenvalue weighted by Crippen LogP contribution is -2.50. The molecule has 0 N–H and O–H groups in total. The van der Waals surface area contributed by atoms with E-state index in [9.17, 15) is 4.79 Å². The molecular weight excluding hydrogens is 362 g/mol. The average Bonchev–Trinajstić information content (AvgIpc) is 2.97. The molecule has 2 aliphatic rings. The van der Waals surface area contributed by atoms with Gasteiger partial charge in [0.25, 0.3) is 0 Å². The fourth-order valence-corrected chi connectivity index (χ4v) is 4.65. The van der Waals surface area contributed by atoms with E-state index in [0.29, 0.717) is 0 Å². The number of rotatable bonds is 4. The van der Waals surface area contributed by atoms with Gasteiger partial charge in [0, 0.05) is 12.1 Å². The van der Waals surface area contributed by atoms with Crippen molar-refractivity contribution in [1.82, 2.24) is 4.90 Å². The van der Waals surface area contributed by atoms with Crippen molar-refractivity contribution < 1.29 is 14.3 Å². The zero-order valence-electron chi connectivity index (χ0n) is 17.6. The number of ether oxygens (including phenoxy) is 2. The fourth-order valence-electron chi connectivity index (χ4n) is 4.65. The van der Waals surface area contributed by atoms with Crippen LogP contribution < -0.4 is 0 Å². The number of benzene rings is 2. The SMILES string of the molecule is CC(C)(C)OC(=O)N1[C@@H]2CC[C@H]1CC(OC(c1ccccc1)c1ccccc1)C2. The molecule has 4 heteroatoms. The van der Waals surface area contributed by atoms with Crippen molar-refractivity contribution in [1.29, 1.82) is 0 Å². The lowest BCUT2D eigenvalue weighted by molar-refractivity contribution is -0.0540. The number of piperidine rings is 1. The molecule has 0 saturated carbocycles. The molecule has 2 bridgehead atoms. The van der Waals surface area contributed by atoms with E-state index in [2.05, 4.69) is 48.5 Å². The summed E-state index contributed by atoms with van der Waals surface area (Å²) in [4.78, 5) is 14.7. The molecule has 2 aromatic rings. The van der Waals surface area contributed by atoms with Gasteiger partial charge in [-0.1, -0.05) is 60.7 Å². The third-order valence-electron chi connectivity index (χ3n) is 5.83. The summed E-state index contributed by atoms with van der Waals surface area (Å²) in [5, 5.41) is 0. The molecule has 1 unspecified atom stereocenters. The molecule has 4 rings (SSSR count). The summed E-state index contributed by atoms with van der Waals surface area (Å²) in [7, 11) is 0. The van der Waals surface area contributed by atoms with Crippen LogP contribution in [0.3, 0.4) is 0 Å². The first kappa shape index (κ1) is 20.0. The van der Waals surface area contributed by atoms with Gasteiger partial charge in [-0.25, -0.2) is 4.79 Å². The summed E-state index contributed by atoms with van der Waals surface area (Å²) in [6, 6.07) is 21.2. The first-order valence-electron chi connectivity index (χ1n) is 10.7. The Bertz CT molecular complexity index is 761. The van der Waals surface area contributed by atoms with Crippen LogP contribution in [0.1, 0.15) is 63.7 Å². The van der Waals surface area contributed by atoms with Gasteiger partial charge in [0.15, 0.2) is 0 Å². The van der Waals surface area contributed by atoms with Crippen molar-refractivity contribution in [2.45, 2.75) is 76.3 Å². The number of hydrogen-bond donors (Lipinski definition) is 0. The molecule has 154 valence electrons. The Morgan fingerprint density at radius 2 is 1.38 bits per heavy atom. The highest BCUT2D eigenvalue weighted by molar-refractivity contribution is 5.69. The minimum atomic E-state index is -0.463. The van der Waals surface area contributed by atoms with E-state index in [4.69, 9.17) is 9.47 Å². The van der Waals surface area contributed by atoms with Crippen molar-refractivity contribution in [2.24, 2.45) is 0 Å². The molecule has 2 heterocycles. The Kier molecular flexibility index (Phi) is 5.64.